The predicted octanol–water partition coefficient (Wildman–Crippen LogP) is 0.928. The third-order valence-corrected chi connectivity index (χ3v) is 3.43. The van der Waals surface area contributed by atoms with E-state index in [0.29, 0.717) is 6.61 Å². The summed E-state index contributed by atoms with van der Waals surface area (Å²) >= 11 is 0. The van der Waals surface area contributed by atoms with E-state index in [1.54, 1.807) is 0 Å². The second-order valence-corrected chi connectivity index (χ2v) is 4.38. The maximum atomic E-state index is 9.62. The van der Waals surface area contributed by atoms with Gasteiger partial charge in [0.15, 0.2) is 0 Å². The van der Waals surface area contributed by atoms with Crippen molar-refractivity contribution >= 4 is 0 Å². The molecule has 3 N–H and O–H groups in total. The van der Waals surface area contributed by atoms with Crippen molar-refractivity contribution in [2.24, 2.45) is 5.73 Å². The highest BCUT2D eigenvalue weighted by Crippen LogP contribution is 2.39. The van der Waals surface area contributed by atoms with Gasteiger partial charge in [0, 0.05) is 5.56 Å². The Hall–Kier alpha value is -1.06. The molecular weight excluding hydrogens is 190 g/mol. The van der Waals surface area contributed by atoms with Gasteiger partial charge in [0.25, 0.3) is 0 Å². The molecule has 3 rings (SSSR count). The van der Waals surface area contributed by atoms with Crippen LogP contribution in [-0.2, 0) is 12.8 Å². The largest absolute Gasteiger partial charge is 0.490 e. The molecule has 1 aromatic rings. The number of aliphatic hydroxyl groups is 1. The van der Waals surface area contributed by atoms with Gasteiger partial charge in [0.05, 0.1) is 6.04 Å². The zero-order valence-electron chi connectivity index (χ0n) is 8.57. The highest BCUT2D eigenvalue weighted by Gasteiger charge is 2.30. The molecule has 0 saturated heterocycles. The molecule has 1 aliphatic carbocycles. The van der Waals surface area contributed by atoms with E-state index in [9.17, 15) is 5.11 Å². The number of aliphatic hydroxyl groups excluding tert-OH is 1. The number of hydrogen-bond donors (Lipinski definition) is 2. The van der Waals surface area contributed by atoms with E-state index in [-0.39, 0.29) is 6.04 Å². The highest BCUT2D eigenvalue weighted by atomic mass is 16.5. The minimum absolute atomic E-state index is 0.292. The fraction of sp³-hybridized carbons (Fsp3) is 0.500. The van der Waals surface area contributed by atoms with Crippen LogP contribution < -0.4 is 10.5 Å². The fourth-order valence-corrected chi connectivity index (χ4v) is 2.56. The van der Waals surface area contributed by atoms with E-state index in [1.807, 2.05) is 6.07 Å². The monoisotopic (exact) mass is 205 g/mol. The fourth-order valence-electron chi connectivity index (χ4n) is 2.56. The van der Waals surface area contributed by atoms with Gasteiger partial charge >= 0.3 is 0 Å². The van der Waals surface area contributed by atoms with Crippen molar-refractivity contribution in [1.82, 2.24) is 0 Å². The Kier molecular flexibility index (Phi) is 1.97. The minimum atomic E-state index is -0.572. The van der Waals surface area contributed by atoms with Crippen LogP contribution in [-0.4, -0.2) is 17.8 Å². The maximum Gasteiger partial charge on any atom is 0.127 e. The molecule has 1 aliphatic heterocycles. The van der Waals surface area contributed by atoms with Gasteiger partial charge in [-0.15, -0.1) is 0 Å². The summed E-state index contributed by atoms with van der Waals surface area (Å²) in [7, 11) is 0. The first kappa shape index (κ1) is 9.19. The quantitative estimate of drug-likeness (QED) is 0.662. The molecule has 0 bridgehead atoms. The van der Waals surface area contributed by atoms with Crippen molar-refractivity contribution in [3.63, 3.8) is 0 Å². The molecule has 0 spiro atoms. The maximum absolute atomic E-state index is 9.62. The average Bonchev–Trinajstić information content (AvgIpc) is 2.71. The summed E-state index contributed by atoms with van der Waals surface area (Å²) in [5.74, 6) is 0.947. The third-order valence-electron chi connectivity index (χ3n) is 3.43. The van der Waals surface area contributed by atoms with E-state index < -0.39 is 6.10 Å². The van der Waals surface area contributed by atoms with Gasteiger partial charge < -0.3 is 15.6 Å². The van der Waals surface area contributed by atoms with Crippen molar-refractivity contribution in [1.29, 1.82) is 0 Å². The van der Waals surface area contributed by atoms with Gasteiger partial charge in [0.2, 0.25) is 0 Å². The Balaban J connectivity index is 2.13. The molecular formula is C12H15NO2. The van der Waals surface area contributed by atoms with Gasteiger partial charge in [-0.1, -0.05) is 12.1 Å². The third kappa shape index (κ3) is 1.27. The molecule has 0 fully saturated rings. The van der Waals surface area contributed by atoms with Crippen LogP contribution in [0.15, 0.2) is 12.1 Å². The Morgan fingerprint density at radius 2 is 2.20 bits per heavy atom. The normalized spacial score (nSPS) is 28.1. The van der Waals surface area contributed by atoms with E-state index >= 15 is 0 Å². The van der Waals surface area contributed by atoms with E-state index in [0.717, 1.165) is 24.2 Å². The SMILES string of the molecule is NC1c2ccc3c(c2OCC1O)CCC3. The van der Waals surface area contributed by atoms with Crippen LogP contribution in [0.5, 0.6) is 5.75 Å². The first-order valence-electron chi connectivity index (χ1n) is 5.48. The summed E-state index contributed by atoms with van der Waals surface area (Å²) in [4.78, 5) is 0. The van der Waals surface area contributed by atoms with Crippen LogP contribution >= 0.6 is 0 Å². The Morgan fingerprint density at radius 3 is 3.07 bits per heavy atom. The van der Waals surface area contributed by atoms with Crippen molar-refractivity contribution < 1.29 is 9.84 Å². The first-order chi connectivity index (χ1) is 7.27. The van der Waals surface area contributed by atoms with E-state index in [1.165, 1.54) is 17.5 Å². The number of ether oxygens (including phenoxy) is 1. The lowest BCUT2D eigenvalue weighted by atomic mass is 9.94. The topological polar surface area (TPSA) is 55.5 Å². The number of hydrogen-bond acceptors (Lipinski definition) is 3. The van der Waals surface area contributed by atoms with Crippen molar-refractivity contribution in [3.8, 4) is 5.75 Å². The summed E-state index contributed by atoms with van der Waals surface area (Å²) in [5.41, 5.74) is 9.62. The number of benzene rings is 1. The molecule has 2 atom stereocenters. The Labute approximate surface area is 88.9 Å². The molecule has 0 radical (unpaired) electrons. The van der Waals surface area contributed by atoms with Crippen molar-refractivity contribution in [3.05, 3.63) is 28.8 Å². The molecule has 0 aromatic heterocycles. The van der Waals surface area contributed by atoms with Crippen LogP contribution in [0.4, 0.5) is 0 Å². The number of fused-ring (bicyclic) bond motifs is 3. The second-order valence-electron chi connectivity index (χ2n) is 4.38. The molecule has 15 heavy (non-hydrogen) atoms. The second kappa shape index (κ2) is 3.22. The molecule has 1 aromatic carbocycles. The van der Waals surface area contributed by atoms with Crippen LogP contribution in [0.1, 0.15) is 29.2 Å². The van der Waals surface area contributed by atoms with E-state index in [4.69, 9.17) is 10.5 Å². The molecule has 3 heteroatoms. The molecule has 1 heterocycles. The minimum Gasteiger partial charge on any atom is -0.490 e. The number of rotatable bonds is 0. The van der Waals surface area contributed by atoms with Gasteiger partial charge in [-0.05, 0) is 30.4 Å². The van der Waals surface area contributed by atoms with E-state index in [2.05, 4.69) is 6.07 Å². The molecule has 2 aliphatic rings. The summed E-state index contributed by atoms with van der Waals surface area (Å²) in [6, 6.07) is 3.84. The summed E-state index contributed by atoms with van der Waals surface area (Å²) in [6.45, 7) is 0.324. The first-order valence-corrected chi connectivity index (χ1v) is 5.48. The van der Waals surface area contributed by atoms with Crippen LogP contribution in [0.25, 0.3) is 0 Å². The molecule has 0 amide bonds. The summed E-state index contributed by atoms with van der Waals surface area (Å²) < 4.78 is 5.62. The number of aryl methyl sites for hydroxylation is 1. The van der Waals surface area contributed by atoms with Crippen LogP contribution in [0.2, 0.25) is 0 Å². The molecule has 80 valence electrons. The average molecular weight is 205 g/mol. The standard InChI is InChI=1S/C12H15NO2/c13-11-9-5-4-7-2-1-3-8(7)12(9)15-6-10(11)14/h4-5,10-11,14H,1-3,6,13H2. The molecule has 2 unspecified atom stereocenters. The molecule has 3 nitrogen and oxygen atoms in total. The van der Waals surface area contributed by atoms with Crippen molar-refractivity contribution in [2.75, 3.05) is 6.61 Å². The summed E-state index contributed by atoms with van der Waals surface area (Å²) in [5, 5.41) is 9.62. The van der Waals surface area contributed by atoms with Gasteiger partial charge in [-0.2, -0.15) is 0 Å². The Morgan fingerprint density at radius 1 is 1.33 bits per heavy atom. The predicted molar refractivity (Wildman–Crippen MR) is 56.9 cm³/mol. The number of nitrogens with two attached hydrogens (primary N) is 1. The lowest BCUT2D eigenvalue weighted by molar-refractivity contribution is 0.0673. The lowest BCUT2D eigenvalue weighted by Crippen LogP contribution is -2.36. The van der Waals surface area contributed by atoms with Crippen LogP contribution in [0.3, 0.4) is 0 Å². The van der Waals surface area contributed by atoms with Crippen LogP contribution in [0, 0.1) is 0 Å². The smallest absolute Gasteiger partial charge is 0.127 e. The van der Waals surface area contributed by atoms with Gasteiger partial charge in [-0.3, -0.25) is 0 Å². The van der Waals surface area contributed by atoms with Crippen molar-refractivity contribution in [2.45, 2.75) is 31.4 Å². The lowest BCUT2D eigenvalue weighted by Gasteiger charge is -2.29. The van der Waals surface area contributed by atoms with Gasteiger partial charge in [-0.25, -0.2) is 0 Å². The zero-order chi connectivity index (χ0) is 10.4. The van der Waals surface area contributed by atoms with Gasteiger partial charge in [0.1, 0.15) is 18.5 Å². The Bertz CT molecular complexity index is 403. The highest BCUT2D eigenvalue weighted by molar-refractivity contribution is 5.51. The summed E-state index contributed by atoms with van der Waals surface area (Å²) in [6.07, 6.45) is 2.86. The zero-order valence-corrected chi connectivity index (χ0v) is 8.57. The molecule has 0 saturated carbocycles.